The number of rotatable bonds is 2. The molecule has 0 saturated carbocycles. The molecule has 1 fully saturated rings. The third-order valence-electron chi connectivity index (χ3n) is 3.66. The minimum absolute atomic E-state index is 0.383. The zero-order valence-corrected chi connectivity index (χ0v) is 9.67. The van der Waals surface area contributed by atoms with Gasteiger partial charge in [-0.3, -0.25) is 0 Å². The fraction of sp³-hybridized carbons (Fsp3) is 0.571. The molecular weight excluding hydrogens is 198 g/mol. The molecule has 2 nitrogen and oxygen atoms in total. The minimum atomic E-state index is 0.383. The van der Waals surface area contributed by atoms with Gasteiger partial charge in [0.2, 0.25) is 0 Å². The van der Waals surface area contributed by atoms with Crippen LogP contribution >= 0.6 is 0 Å². The molecule has 16 heavy (non-hydrogen) atoms. The lowest BCUT2D eigenvalue weighted by Crippen LogP contribution is -2.20. The summed E-state index contributed by atoms with van der Waals surface area (Å²) in [5, 5.41) is 3.35. The van der Waals surface area contributed by atoms with E-state index in [0.717, 1.165) is 25.3 Å². The Morgan fingerprint density at radius 2 is 2.12 bits per heavy atom. The molecule has 0 aromatic heterocycles. The van der Waals surface area contributed by atoms with E-state index in [0.29, 0.717) is 6.10 Å². The zero-order valence-electron chi connectivity index (χ0n) is 9.67. The van der Waals surface area contributed by atoms with Crippen LogP contribution in [0.5, 0.6) is 5.75 Å². The van der Waals surface area contributed by atoms with Crippen LogP contribution in [0.25, 0.3) is 0 Å². The molecule has 0 unspecified atom stereocenters. The molecule has 86 valence electrons. The number of ether oxygens (including phenoxy) is 1. The van der Waals surface area contributed by atoms with E-state index in [4.69, 9.17) is 4.74 Å². The lowest BCUT2D eigenvalue weighted by atomic mass is 9.91. The molecule has 2 heteroatoms. The summed E-state index contributed by atoms with van der Waals surface area (Å²) in [6, 6.07) is 6.54. The van der Waals surface area contributed by atoms with Gasteiger partial charge in [-0.1, -0.05) is 12.1 Å². The summed E-state index contributed by atoms with van der Waals surface area (Å²) in [5.74, 6) is 1.14. The Hall–Kier alpha value is -1.02. The summed E-state index contributed by atoms with van der Waals surface area (Å²) in [6.45, 7) is 2.10. The van der Waals surface area contributed by atoms with Gasteiger partial charge in [0.1, 0.15) is 11.9 Å². The lowest BCUT2D eigenvalue weighted by molar-refractivity contribution is 0.220. The molecule has 1 N–H and O–H groups in total. The highest BCUT2D eigenvalue weighted by atomic mass is 16.5. The fourth-order valence-electron chi connectivity index (χ4n) is 2.77. The van der Waals surface area contributed by atoms with Crippen LogP contribution in [0.2, 0.25) is 0 Å². The van der Waals surface area contributed by atoms with Crippen LogP contribution < -0.4 is 10.1 Å². The number of hydrogen-bond acceptors (Lipinski definition) is 2. The number of benzene rings is 1. The maximum atomic E-state index is 6.11. The second-order valence-electron chi connectivity index (χ2n) is 4.83. The molecule has 0 radical (unpaired) electrons. The molecular formula is C14H19NO. The van der Waals surface area contributed by atoms with Gasteiger partial charge in [0.15, 0.2) is 0 Å². The van der Waals surface area contributed by atoms with Gasteiger partial charge in [0.05, 0.1) is 0 Å². The van der Waals surface area contributed by atoms with Crippen molar-refractivity contribution in [2.75, 3.05) is 13.1 Å². The van der Waals surface area contributed by atoms with Crippen molar-refractivity contribution >= 4 is 0 Å². The first-order valence-corrected chi connectivity index (χ1v) is 6.41. The number of fused-ring (bicyclic) bond motifs is 1. The maximum Gasteiger partial charge on any atom is 0.123 e. The summed E-state index contributed by atoms with van der Waals surface area (Å²) in [6.07, 6.45) is 6.61. The van der Waals surface area contributed by atoms with Gasteiger partial charge in [-0.25, -0.2) is 0 Å². The van der Waals surface area contributed by atoms with Gasteiger partial charge >= 0.3 is 0 Å². The molecule has 0 spiro atoms. The zero-order chi connectivity index (χ0) is 10.8. The third-order valence-corrected chi connectivity index (χ3v) is 3.66. The van der Waals surface area contributed by atoms with Crippen LogP contribution in [0.3, 0.4) is 0 Å². The van der Waals surface area contributed by atoms with E-state index in [1.165, 1.54) is 36.8 Å². The summed E-state index contributed by atoms with van der Waals surface area (Å²) in [4.78, 5) is 0. The molecule has 1 aliphatic carbocycles. The normalized spacial score (nSPS) is 24.1. The average molecular weight is 217 g/mol. The molecule has 0 amide bonds. The molecule has 1 heterocycles. The summed E-state index contributed by atoms with van der Waals surface area (Å²) < 4.78 is 6.11. The van der Waals surface area contributed by atoms with Crippen LogP contribution in [0.4, 0.5) is 0 Å². The quantitative estimate of drug-likeness (QED) is 0.820. The Morgan fingerprint density at radius 3 is 3.00 bits per heavy atom. The number of aryl methyl sites for hydroxylation is 1. The molecule has 3 rings (SSSR count). The second-order valence-corrected chi connectivity index (χ2v) is 4.83. The molecule has 0 bridgehead atoms. The maximum absolute atomic E-state index is 6.11. The van der Waals surface area contributed by atoms with Gasteiger partial charge in [0.25, 0.3) is 0 Å². The predicted molar refractivity (Wildman–Crippen MR) is 65.0 cm³/mol. The van der Waals surface area contributed by atoms with E-state index >= 15 is 0 Å². The van der Waals surface area contributed by atoms with E-state index < -0.39 is 0 Å². The van der Waals surface area contributed by atoms with Crippen LogP contribution in [0.15, 0.2) is 18.2 Å². The highest BCUT2D eigenvalue weighted by molar-refractivity contribution is 5.41. The highest BCUT2D eigenvalue weighted by Crippen LogP contribution is 2.30. The Kier molecular flexibility index (Phi) is 2.83. The van der Waals surface area contributed by atoms with Crippen molar-refractivity contribution < 1.29 is 4.74 Å². The molecule has 1 aliphatic heterocycles. The topological polar surface area (TPSA) is 21.3 Å². The van der Waals surface area contributed by atoms with E-state index in [-0.39, 0.29) is 0 Å². The van der Waals surface area contributed by atoms with E-state index in [1.54, 1.807) is 0 Å². The van der Waals surface area contributed by atoms with Crippen LogP contribution in [0, 0.1) is 0 Å². The van der Waals surface area contributed by atoms with Gasteiger partial charge < -0.3 is 10.1 Å². The van der Waals surface area contributed by atoms with Crippen molar-refractivity contribution in [3.8, 4) is 5.75 Å². The third kappa shape index (κ3) is 1.94. The Bertz CT molecular complexity index is 369. The van der Waals surface area contributed by atoms with E-state index in [1.807, 2.05) is 0 Å². The van der Waals surface area contributed by atoms with Crippen molar-refractivity contribution in [3.05, 3.63) is 29.3 Å². The van der Waals surface area contributed by atoms with Gasteiger partial charge in [-0.05, 0) is 55.8 Å². The summed E-state index contributed by atoms with van der Waals surface area (Å²) >= 11 is 0. The Morgan fingerprint density at radius 1 is 1.19 bits per heavy atom. The summed E-state index contributed by atoms with van der Waals surface area (Å²) in [7, 11) is 0. The van der Waals surface area contributed by atoms with Crippen molar-refractivity contribution in [1.82, 2.24) is 5.32 Å². The average Bonchev–Trinajstić information content (AvgIpc) is 2.82. The van der Waals surface area contributed by atoms with Gasteiger partial charge in [-0.2, -0.15) is 0 Å². The molecule has 1 atom stereocenters. The Labute approximate surface area is 97.0 Å². The molecule has 1 aromatic rings. The van der Waals surface area contributed by atoms with Crippen LogP contribution in [-0.2, 0) is 12.8 Å². The smallest absolute Gasteiger partial charge is 0.123 e. The monoisotopic (exact) mass is 217 g/mol. The largest absolute Gasteiger partial charge is 0.489 e. The van der Waals surface area contributed by atoms with Crippen molar-refractivity contribution in [1.29, 1.82) is 0 Å². The van der Waals surface area contributed by atoms with Crippen molar-refractivity contribution in [2.24, 2.45) is 0 Å². The van der Waals surface area contributed by atoms with Crippen LogP contribution in [0.1, 0.15) is 30.4 Å². The van der Waals surface area contributed by atoms with E-state index in [2.05, 4.69) is 23.5 Å². The second kappa shape index (κ2) is 4.46. The first-order chi connectivity index (χ1) is 7.93. The number of nitrogens with one attached hydrogen (secondary N) is 1. The van der Waals surface area contributed by atoms with Gasteiger partial charge in [0, 0.05) is 6.54 Å². The van der Waals surface area contributed by atoms with Crippen molar-refractivity contribution in [2.45, 2.75) is 38.2 Å². The fourth-order valence-corrected chi connectivity index (χ4v) is 2.77. The van der Waals surface area contributed by atoms with E-state index in [9.17, 15) is 0 Å². The standard InChI is InChI=1S/C14H19NO/c1-2-6-13-11(4-1)5-3-7-14(13)16-12-8-9-15-10-12/h3,5,7,12,15H,1-2,4,6,8-10H2/t12-/m1/s1. The molecule has 1 aromatic carbocycles. The first-order valence-electron chi connectivity index (χ1n) is 6.41. The Balaban J connectivity index is 1.82. The molecule has 1 saturated heterocycles. The van der Waals surface area contributed by atoms with Crippen molar-refractivity contribution in [3.63, 3.8) is 0 Å². The first kappa shape index (κ1) is 10.2. The predicted octanol–water partition coefficient (Wildman–Crippen LogP) is 2.31. The minimum Gasteiger partial charge on any atom is -0.489 e. The summed E-state index contributed by atoms with van der Waals surface area (Å²) in [5.41, 5.74) is 2.98. The van der Waals surface area contributed by atoms with Crippen LogP contribution in [-0.4, -0.2) is 19.2 Å². The molecule has 2 aliphatic rings. The SMILES string of the molecule is c1cc2c(c(O[C@@H]3CCNC3)c1)CCCC2. The highest BCUT2D eigenvalue weighted by Gasteiger charge is 2.19. The van der Waals surface area contributed by atoms with Gasteiger partial charge in [-0.15, -0.1) is 0 Å². The lowest BCUT2D eigenvalue weighted by Gasteiger charge is -2.21. The number of hydrogen-bond donors (Lipinski definition) is 1.